The van der Waals surface area contributed by atoms with Crippen LogP contribution >= 0.6 is 0 Å². The lowest BCUT2D eigenvalue weighted by molar-refractivity contribution is -0.0284. The van der Waals surface area contributed by atoms with Crippen LogP contribution in [0.2, 0.25) is 0 Å². The highest BCUT2D eigenvalue weighted by atomic mass is 16.6. The minimum Gasteiger partial charge on any atom is -0.444 e. The van der Waals surface area contributed by atoms with Crippen LogP contribution in [-0.2, 0) is 9.47 Å². The highest BCUT2D eigenvalue weighted by molar-refractivity contribution is 5.68. The Kier molecular flexibility index (Phi) is 4.77. The van der Waals surface area contributed by atoms with Crippen molar-refractivity contribution >= 4 is 6.09 Å². The molecule has 1 heterocycles. The second kappa shape index (κ2) is 5.69. The molecule has 1 aliphatic heterocycles. The number of ether oxygens (including phenoxy) is 2. The lowest BCUT2D eigenvalue weighted by Crippen LogP contribution is -2.51. The molecule has 2 unspecified atom stereocenters. The van der Waals surface area contributed by atoms with E-state index in [9.17, 15) is 9.90 Å². The van der Waals surface area contributed by atoms with Gasteiger partial charge in [0.2, 0.25) is 0 Å². The molecular formula is C12H23NO4. The summed E-state index contributed by atoms with van der Waals surface area (Å²) in [7, 11) is 1.65. The Morgan fingerprint density at radius 1 is 1.47 bits per heavy atom. The molecule has 5 heteroatoms. The predicted octanol–water partition coefficient (Wildman–Crippen LogP) is 1.39. The number of likely N-dealkylation sites (tertiary alicyclic amines) is 1. The standard InChI is InChI=1S/C12H23NO4/c1-12(2,3)17-11(15)13-6-5-10(16-4)7-9(13)8-14/h9-10,14H,5-8H2,1-4H3. The monoisotopic (exact) mass is 245 g/mol. The first-order valence-corrected chi connectivity index (χ1v) is 6.00. The van der Waals surface area contributed by atoms with Gasteiger partial charge >= 0.3 is 6.09 Å². The van der Waals surface area contributed by atoms with E-state index in [1.807, 2.05) is 20.8 Å². The lowest BCUT2D eigenvalue weighted by Gasteiger charge is -2.38. The van der Waals surface area contributed by atoms with Crippen LogP contribution in [0.4, 0.5) is 4.79 Å². The fraction of sp³-hybridized carbons (Fsp3) is 0.917. The number of methoxy groups -OCH3 is 1. The zero-order chi connectivity index (χ0) is 13.1. The smallest absolute Gasteiger partial charge is 0.410 e. The van der Waals surface area contributed by atoms with Gasteiger partial charge < -0.3 is 19.5 Å². The third-order valence-electron chi connectivity index (χ3n) is 2.84. The number of nitrogens with zero attached hydrogens (tertiary/aromatic N) is 1. The fourth-order valence-corrected chi connectivity index (χ4v) is 1.96. The van der Waals surface area contributed by atoms with E-state index < -0.39 is 5.60 Å². The van der Waals surface area contributed by atoms with Gasteiger partial charge in [0, 0.05) is 13.7 Å². The highest BCUT2D eigenvalue weighted by Gasteiger charge is 2.33. The summed E-state index contributed by atoms with van der Waals surface area (Å²) < 4.78 is 10.6. The van der Waals surface area contributed by atoms with Crippen molar-refractivity contribution in [2.45, 2.75) is 51.4 Å². The average molecular weight is 245 g/mol. The Morgan fingerprint density at radius 2 is 2.12 bits per heavy atom. The molecule has 0 aromatic rings. The molecule has 2 atom stereocenters. The molecule has 1 aliphatic rings. The SMILES string of the molecule is COC1CCN(C(=O)OC(C)(C)C)C(CO)C1. The predicted molar refractivity (Wildman–Crippen MR) is 63.8 cm³/mol. The summed E-state index contributed by atoms with van der Waals surface area (Å²) in [4.78, 5) is 13.5. The molecule has 17 heavy (non-hydrogen) atoms. The van der Waals surface area contributed by atoms with Gasteiger partial charge in [-0.2, -0.15) is 0 Å². The van der Waals surface area contributed by atoms with Crippen molar-refractivity contribution in [3.8, 4) is 0 Å². The van der Waals surface area contributed by atoms with Crippen molar-refractivity contribution < 1.29 is 19.4 Å². The third-order valence-corrected chi connectivity index (χ3v) is 2.84. The van der Waals surface area contributed by atoms with Crippen LogP contribution in [0.15, 0.2) is 0 Å². The number of rotatable bonds is 2. The van der Waals surface area contributed by atoms with Gasteiger partial charge in [-0.25, -0.2) is 4.79 Å². The number of aliphatic hydroxyl groups is 1. The Morgan fingerprint density at radius 3 is 2.59 bits per heavy atom. The molecular weight excluding hydrogens is 222 g/mol. The summed E-state index contributed by atoms with van der Waals surface area (Å²) in [5.74, 6) is 0. The van der Waals surface area contributed by atoms with E-state index in [4.69, 9.17) is 9.47 Å². The lowest BCUT2D eigenvalue weighted by atomic mass is 10.0. The van der Waals surface area contributed by atoms with Crippen LogP contribution in [0.5, 0.6) is 0 Å². The molecule has 0 bridgehead atoms. The van der Waals surface area contributed by atoms with Crippen LogP contribution in [0.3, 0.4) is 0 Å². The quantitative estimate of drug-likeness (QED) is 0.798. The largest absolute Gasteiger partial charge is 0.444 e. The van der Waals surface area contributed by atoms with Crippen LogP contribution in [0, 0.1) is 0 Å². The highest BCUT2D eigenvalue weighted by Crippen LogP contribution is 2.21. The van der Waals surface area contributed by atoms with Crippen molar-refractivity contribution in [2.75, 3.05) is 20.3 Å². The number of piperidine rings is 1. The van der Waals surface area contributed by atoms with Crippen molar-refractivity contribution in [1.82, 2.24) is 4.90 Å². The molecule has 0 aromatic carbocycles. The van der Waals surface area contributed by atoms with Crippen molar-refractivity contribution in [3.05, 3.63) is 0 Å². The van der Waals surface area contributed by atoms with Gasteiger partial charge in [-0.1, -0.05) is 0 Å². The number of hydrogen-bond acceptors (Lipinski definition) is 4. The third kappa shape index (κ3) is 4.16. The van der Waals surface area contributed by atoms with E-state index >= 15 is 0 Å². The van der Waals surface area contributed by atoms with E-state index in [1.54, 1.807) is 12.0 Å². The van der Waals surface area contributed by atoms with Crippen LogP contribution in [-0.4, -0.2) is 54.1 Å². The molecule has 100 valence electrons. The topological polar surface area (TPSA) is 59.0 Å². The van der Waals surface area contributed by atoms with Gasteiger partial charge in [-0.15, -0.1) is 0 Å². The molecule has 0 aromatic heterocycles. The van der Waals surface area contributed by atoms with Crippen LogP contribution < -0.4 is 0 Å². The first-order valence-electron chi connectivity index (χ1n) is 6.00. The summed E-state index contributed by atoms with van der Waals surface area (Å²) >= 11 is 0. The summed E-state index contributed by atoms with van der Waals surface area (Å²) in [6.07, 6.45) is 1.20. The second-order valence-corrected chi connectivity index (χ2v) is 5.39. The zero-order valence-corrected chi connectivity index (χ0v) is 11.1. The molecule has 1 rings (SSSR count). The maximum absolute atomic E-state index is 11.9. The molecule has 0 aliphatic carbocycles. The van der Waals surface area contributed by atoms with Crippen molar-refractivity contribution in [2.24, 2.45) is 0 Å². The van der Waals surface area contributed by atoms with E-state index in [0.29, 0.717) is 13.0 Å². The van der Waals surface area contributed by atoms with Gasteiger partial charge in [0.05, 0.1) is 18.8 Å². The maximum atomic E-state index is 11.9. The summed E-state index contributed by atoms with van der Waals surface area (Å²) in [6.45, 7) is 6.01. The normalized spacial score (nSPS) is 25.8. The molecule has 0 radical (unpaired) electrons. The summed E-state index contributed by atoms with van der Waals surface area (Å²) in [6, 6.07) is -0.205. The first kappa shape index (κ1) is 14.3. The van der Waals surface area contributed by atoms with Crippen molar-refractivity contribution in [3.63, 3.8) is 0 Å². The number of carbonyl (C=O) groups excluding carboxylic acids is 1. The van der Waals surface area contributed by atoms with E-state index in [-0.39, 0.29) is 24.8 Å². The van der Waals surface area contributed by atoms with Gasteiger partial charge in [0.1, 0.15) is 5.60 Å². The van der Waals surface area contributed by atoms with Crippen molar-refractivity contribution in [1.29, 1.82) is 0 Å². The van der Waals surface area contributed by atoms with Gasteiger partial charge in [-0.3, -0.25) is 0 Å². The Balaban J connectivity index is 2.60. The zero-order valence-electron chi connectivity index (χ0n) is 11.1. The molecule has 1 N–H and O–H groups in total. The summed E-state index contributed by atoms with van der Waals surface area (Å²) in [5.41, 5.74) is -0.505. The van der Waals surface area contributed by atoms with Gasteiger partial charge in [0.25, 0.3) is 0 Å². The minimum absolute atomic E-state index is 0.0564. The fourth-order valence-electron chi connectivity index (χ4n) is 1.96. The van der Waals surface area contributed by atoms with Gasteiger partial charge in [-0.05, 0) is 33.6 Å². The van der Waals surface area contributed by atoms with E-state index in [2.05, 4.69) is 0 Å². The number of aliphatic hydroxyl groups excluding tert-OH is 1. The molecule has 1 saturated heterocycles. The minimum atomic E-state index is -0.505. The number of hydrogen-bond donors (Lipinski definition) is 1. The maximum Gasteiger partial charge on any atom is 0.410 e. The molecule has 5 nitrogen and oxygen atoms in total. The Bertz CT molecular complexity index is 262. The summed E-state index contributed by atoms with van der Waals surface area (Å²) in [5, 5.41) is 9.32. The average Bonchev–Trinajstić information content (AvgIpc) is 2.25. The second-order valence-electron chi connectivity index (χ2n) is 5.39. The Hall–Kier alpha value is -0.810. The van der Waals surface area contributed by atoms with E-state index in [1.165, 1.54) is 0 Å². The first-order chi connectivity index (χ1) is 7.87. The van der Waals surface area contributed by atoms with E-state index in [0.717, 1.165) is 6.42 Å². The van der Waals surface area contributed by atoms with Crippen LogP contribution in [0.1, 0.15) is 33.6 Å². The number of amides is 1. The number of carbonyl (C=O) groups is 1. The molecule has 0 saturated carbocycles. The Labute approximate surface area is 103 Å². The van der Waals surface area contributed by atoms with Gasteiger partial charge in [0.15, 0.2) is 0 Å². The molecule has 1 fully saturated rings. The molecule has 1 amide bonds. The molecule has 0 spiro atoms. The van der Waals surface area contributed by atoms with Crippen LogP contribution in [0.25, 0.3) is 0 Å².